The number of ether oxygens (including phenoxy) is 1. The Morgan fingerprint density at radius 3 is 1.93 bits per heavy atom. The zero-order chi connectivity index (χ0) is 11.4. The van der Waals surface area contributed by atoms with E-state index in [2.05, 4.69) is 4.74 Å². The number of carbonyl (C=O) groups is 3. The predicted octanol–water partition coefficient (Wildman–Crippen LogP) is 1.12. The molecular formula is C10H16O4. The second-order valence-electron chi connectivity index (χ2n) is 4.14. The van der Waals surface area contributed by atoms with E-state index in [-0.39, 0.29) is 18.6 Å². The summed E-state index contributed by atoms with van der Waals surface area (Å²) in [4.78, 5) is 33.2. The minimum Gasteiger partial charge on any atom is -0.469 e. The van der Waals surface area contributed by atoms with E-state index >= 15 is 0 Å². The lowest BCUT2D eigenvalue weighted by Gasteiger charge is -2.15. The summed E-state index contributed by atoms with van der Waals surface area (Å²) in [6, 6.07) is 0. The summed E-state index contributed by atoms with van der Waals surface area (Å²) in [7, 11) is 1.21. The topological polar surface area (TPSA) is 60.4 Å². The number of rotatable bonds is 4. The summed E-state index contributed by atoms with van der Waals surface area (Å²) in [5.41, 5.74) is -0.536. The normalized spacial score (nSPS) is 10.9. The second-order valence-corrected chi connectivity index (χ2v) is 4.14. The summed E-state index contributed by atoms with van der Waals surface area (Å²) in [5, 5.41) is 0. The number of hydrogen-bond donors (Lipinski definition) is 0. The molecule has 4 nitrogen and oxygen atoms in total. The maximum absolute atomic E-state index is 11.4. The first-order chi connectivity index (χ1) is 6.27. The minimum absolute atomic E-state index is 0.161. The minimum atomic E-state index is -0.600. The van der Waals surface area contributed by atoms with Gasteiger partial charge in [-0.25, -0.2) is 0 Å². The third kappa shape index (κ3) is 4.74. The molecule has 0 aliphatic carbocycles. The molecule has 0 aliphatic heterocycles. The van der Waals surface area contributed by atoms with E-state index in [1.807, 2.05) is 0 Å². The largest absolute Gasteiger partial charge is 0.469 e. The molecule has 0 saturated heterocycles. The number of ketones is 2. The van der Waals surface area contributed by atoms with E-state index in [0.29, 0.717) is 0 Å². The van der Waals surface area contributed by atoms with Crippen molar-refractivity contribution in [2.24, 2.45) is 5.41 Å². The van der Waals surface area contributed by atoms with Crippen LogP contribution in [-0.2, 0) is 19.1 Å². The molecule has 0 saturated carbocycles. The molecule has 0 unspecified atom stereocenters. The van der Waals surface area contributed by atoms with Crippen molar-refractivity contribution in [3.63, 3.8) is 0 Å². The molecule has 0 N–H and O–H groups in total. The molecule has 0 heterocycles. The van der Waals surface area contributed by atoms with Crippen LogP contribution in [0.5, 0.6) is 0 Å². The summed E-state index contributed by atoms with van der Waals surface area (Å²) >= 11 is 0. The van der Waals surface area contributed by atoms with Gasteiger partial charge < -0.3 is 4.74 Å². The first-order valence-corrected chi connectivity index (χ1v) is 4.39. The van der Waals surface area contributed by atoms with Gasteiger partial charge in [-0.2, -0.15) is 0 Å². The molecule has 0 spiro atoms. The lowest BCUT2D eigenvalue weighted by molar-refractivity contribution is -0.143. The van der Waals surface area contributed by atoms with E-state index in [4.69, 9.17) is 0 Å². The standard InChI is InChI=1S/C10H16O4/c1-10(2,3)8(12)5-7(11)6-9(13)14-4/h5-6H2,1-4H3. The van der Waals surface area contributed by atoms with Gasteiger partial charge in [0.25, 0.3) is 0 Å². The van der Waals surface area contributed by atoms with Gasteiger partial charge in [0.1, 0.15) is 12.2 Å². The fraction of sp³-hybridized carbons (Fsp3) is 0.700. The Kier molecular flexibility index (Phi) is 4.47. The first-order valence-electron chi connectivity index (χ1n) is 4.39. The zero-order valence-corrected chi connectivity index (χ0v) is 9.05. The summed E-state index contributed by atoms with van der Waals surface area (Å²) in [6.45, 7) is 5.21. The monoisotopic (exact) mass is 200 g/mol. The molecular weight excluding hydrogens is 184 g/mol. The van der Waals surface area contributed by atoms with E-state index < -0.39 is 17.2 Å². The molecule has 0 aromatic heterocycles. The average molecular weight is 200 g/mol. The Hall–Kier alpha value is -1.19. The maximum Gasteiger partial charge on any atom is 0.313 e. The first kappa shape index (κ1) is 12.8. The molecule has 80 valence electrons. The van der Waals surface area contributed by atoms with Crippen molar-refractivity contribution < 1.29 is 19.1 Å². The van der Waals surface area contributed by atoms with Crippen LogP contribution in [0, 0.1) is 5.41 Å². The third-order valence-corrected chi connectivity index (χ3v) is 1.76. The van der Waals surface area contributed by atoms with Crippen LogP contribution in [0.25, 0.3) is 0 Å². The highest BCUT2D eigenvalue weighted by Gasteiger charge is 2.24. The SMILES string of the molecule is COC(=O)CC(=O)CC(=O)C(C)(C)C. The van der Waals surface area contributed by atoms with Gasteiger partial charge in [-0.05, 0) is 0 Å². The Bertz CT molecular complexity index is 247. The number of esters is 1. The number of carbonyl (C=O) groups excluding carboxylic acids is 3. The Balaban J connectivity index is 4.09. The smallest absolute Gasteiger partial charge is 0.313 e. The van der Waals surface area contributed by atoms with Crippen LogP contribution in [-0.4, -0.2) is 24.6 Å². The highest BCUT2D eigenvalue weighted by atomic mass is 16.5. The van der Waals surface area contributed by atoms with Gasteiger partial charge in [0.05, 0.1) is 13.5 Å². The van der Waals surface area contributed by atoms with Gasteiger partial charge in [0.15, 0.2) is 5.78 Å². The van der Waals surface area contributed by atoms with Crippen LogP contribution in [0.1, 0.15) is 33.6 Å². The third-order valence-electron chi connectivity index (χ3n) is 1.76. The van der Waals surface area contributed by atoms with Crippen molar-refractivity contribution in [1.29, 1.82) is 0 Å². The zero-order valence-electron chi connectivity index (χ0n) is 9.05. The lowest BCUT2D eigenvalue weighted by Crippen LogP contribution is -2.24. The van der Waals surface area contributed by atoms with Gasteiger partial charge in [-0.15, -0.1) is 0 Å². The van der Waals surface area contributed by atoms with Crippen molar-refractivity contribution in [2.45, 2.75) is 33.6 Å². The van der Waals surface area contributed by atoms with Crippen LogP contribution in [0.15, 0.2) is 0 Å². The molecule has 14 heavy (non-hydrogen) atoms. The molecule has 0 aromatic rings. The van der Waals surface area contributed by atoms with Gasteiger partial charge in [-0.3, -0.25) is 14.4 Å². The van der Waals surface area contributed by atoms with Crippen molar-refractivity contribution in [1.82, 2.24) is 0 Å². The molecule has 0 rings (SSSR count). The lowest BCUT2D eigenvalue weighted by atomic mass is 9.87. The average Bonchev–Trinajstić information content (AvgIpc) is 2.02. The van der Waals surface area contributed by atoms with Gasteiger partial charge in [0.2, 0.25) is 0 Å². The fourth-order valence-electron chi connectivity index (χ4n) is 0.740. The predicted molar refractivity (Wildman–Crippen MR) is 50.7 cm³/mol. The van der Waals surface area contributed by atoms with Gasteiger partial charge >= 0.3 is 5.97 Å². The Morgan fingerprint density at radius 2 is 1.57 bits per heavy atom. The Morgan fingerprint density at radius 1 is 1.07 bits per heavy atom. The molecule has 0 aliphatic rings. The summed E-state index contributed by atoms with van der Waals surface area (Å²) in [5.74, 6) is -1.15. The highest BCUT2D eigenvalue weighted by Crippen LogP contribution is 2.17. The molecule has 0 fully saturated rings. The molecule has 0 amide bonds. The molecule has 4 heteroatoms. The van der Waals surface area contributed by atoms with E-state index in [9.17, 15) is 14.4 Å². The highest BCUT2D eigenvalue weighted by molar-refractivity contribution is 6.06. The van der Waals surface area contributed by atoms with E-state index in [0.717, 1.165) is 0 Å². The van der Waals surface area contributed by atoms with Crippen LogP contribution in [0.4, 0.5) is 0 Å². The van der Waals surface area contributed by atoms with Crippen molar-refractivity contribution in [3.8, 4) is 0 Å². The second kappa shape index (κ2) is 4.88. The van der Waals surface area contributed by atoms with Gasteiger partial charge in [0, 0.05) is 5.41 Å². The fourth-order valence-corrected chi connectivity index (χ4v) is 0.740. The summed E-state index contributed by atoms with van der Waals surface area (Å²) in [6.07, 6.45) is -0.517. The van der Waals surface area contributed by atoms with Crippen LogP contribution in [0.3, 0.4) is 0 Å². The van der Waals surface area contributed by atoms with Crippen LogP contribution in [0.2, 0.25) is 0 Å². The van der Waals surface area contributed by atoms with Crippen LogP contribution < -0.4 is 0 Å². The molecule has 0 aromatic carbocycles. The van der Waals surface area contributed by atoms with Crippen LogP contribution >= 0.6 is 0 Å². The number of Topliss-reactive ketones (excluding diaryl/α,β-unsaturated/α-hetero) is 2. The number of hydrogen-bond acceptors (Lipinski definition) is 4. The van der Waals surface area contributed by atoms with Crippen molar-refractivity contribution in [2.75, 3.05) is 7.11 Å². The molecule has 0 bridgehead atoms. The molecule has 0 atom stereocenters. The van der Waals surface area contributed by atoms with Crippen molar-refractivity contribution in [3.05, 3.63) is 0 Å². The maximum atomic E-state index is 11.4. The molecule has 0 radical (unpaired) electrons. The quantitative estimate of drug-likeness (QED) is 0.504. The Labute approximate surface area is 83.6 Å². The van der Waals surface area contributed by atoms with E-state index in [1.54, 1.807) is 20.8 Å². The van der Waals surface area contributed by atoms with E-state index in [1.165, 1.54) is 7.11 Å². The number of methoxy groups -OCH3 is 1. The van der Waals surface area contributed by atoms with Gasteiger partial charge in [-0.1, -0.05) is 20.8 Å². The summed E-state index contributed by atoms with van der Waals surface area (Å²) < 4.78 is 4.32. The van der Waals surface area contributed by atoms with Crippen molar-refractivity contribution >= 4 is 17.5 Å².